The molecule has 1 N–H and O–H groups in total. The zero-order chi connectivity index (χ0) is 26.2. The van der Waals surface area contributed by atoms with Crippen molar-refractivity contribution in [2.45, 2.75) is 25.9 Å². The number of sulfonamides is 1. The molecule has 0 radical (unpaired) electrons. The number of carbonyl (C=O) groups excluding carboxylic acids is 2. The second kappa shape index (κ2) is 12.3. The highest BCUT2D eigenvalue weighted by molar-refractivity contribution is 7.92. The van der Waals surface area contributed by atoms with Crippen molar-refractivity contribution < 1.29 is 32.2 Å². The van der Waals surface area contributed by atoms with Crippen molar-refractivity contribution in [3.8, 4) is 17.2 Å². The fourth-order valence-electron chi connectivity index (χ4n) is 3.61. The maximum Gasteiger partial charge on any atom is 0.244 e. The molecule has 0 saturated carbocycles. The minimum atomic E-state index is -3.86. The van der Waals surface area contributed by atoms with Gasteiger partial charge in [-0.05, 0) is 36.2 Å². The molecule has 35 heavy (non-hydrogen) atoms. The molecule has 0 bridgehead atoms. The molecule has 0 aliphatic rings. The Morgan fingerprint density at radius 1 is 0.971 bits per heavy atom. The van der Waals surface area contributed by atoms with E-state index in [1.54, 1.807) is 44.4 Å². The Morgan fingerprint density at radius 3 is 2.09 bits per heavy atom. The van der Waals surface area contributed by atoms with E-state index in [-0.39, 0.29) is 18.1 Å². The molecule has 0 aliphatic carbocycles. The Morgan fingerprint density at radius 2 is 1.60 bits per heavy atom. The number of nitrogens with zero attached hydrogens (tertiary/aromatic N) is 2. The molecule has 192 valence electrons. The zero-order valence-corrected chi connectivity index (χ0v) is 21.7. The van der Waals surface area contributed by atoms with Crippen LogP contribution >= 0.6 is 0 Å². The third-order valence-corrected chi connectivity index (χ3v) is 6.62. The van der Waals surface area contributed by atoms with Gasteiger partial charge < -0.3 is 24.4 Å². The molecule has 10 nitrogen and oxygen atoms in total. The van der Waals surface area contributed by atoms with Crippen LogP contribution in [-0.4, -0.2) is 72.4 Å². The smallest absolute Gasteiger partial charge is 0.244 e. The largest absolute Gasteiger partial charge is 0.497 e. The summed E-state index contributed by atoms with van der Waals surface area (Å²) in [5.41, 5.74) is 0.995. The van der Waals surface area contributed by atoms with E-state index < -0.39 is 28.5 Å². The fraction of sp³-hybridized carbons (Fsp3) is 0.417. The molecule has 0 aromatic heterocycles. The van der Waals surface area contributed by atoms with Crippen molar-refractivity contribution in [2.75, 3.05) is 45.5 Å². The Hall–Kier alpha value is -3.47. The van der Waals surface area contributed by atoms with Gasteiger partial charge in [0.1, 0.15) is 18.3 Å². The Labute approximate surface area is 206 Å². The molecule has 2 aromatic rings. The van der Waals surface area contributed by atoms with Crippen LogP contribution in [0.4, 0.5) is 5.69 Å². The summed E-state index contributed by atoms with van der Waals surface area (Å²) in [5, 5.41) is 2.58. The van der Waals surface area contributed by atoms with Gasteiger partial charge in [0.25, 0.3) is 0 Å². The summed E-state index contributed by atoms with van der Waals surface area (Å²) in [4.78, 5) is 27.5. The standard InChI is InChI=1S/C24H33N3O7S/c1-7-20(24(29)25-2)26(15-17-8-11-19(32-3)12-9-17)23(28)16-27(35(6,30)31)18-10-13-21(33-4)22(14-18)34-5/h8-14,20H,7,15-16H2,1-6H3,(H,25,29). The predicted octanol–water partition coefficient (Wildman–Crippen LogP) is 2.03. The van der Waals surface area contributed by atoms with Crippen LogP contribution in [0.25, 0.3) is 0 Å². The van der Waals surface area contributed by atoms with Gasteiger partial charge in [-0.3, -0.25) is 13.9 Å². The SMILES string of the molecule is CCC(C(=O)NC)N(Cc1ccc(OC)cc1)C(=O)CN(c1ccc(OC)c(OC)c1)S(C)(=O)=O. The average molecular weight is 508 g/mol. The van der Waals surface area contributed by atoms with Gasteiger partial charge in [0.15, 0.2) is 11.5 Å². The molecular weight excluding hydrogens is 474 g/mol. The van der Waals surface area contributed by atoms with Crippen molar-refractivity contribution >= 4 is 27.5 Å². The van der Waals surface area contributed by atoms with Crippen molar-refractivity contribution in [2.24, 2.45) is 0 Å². The summed E-state index contributed by atoms with van der Waals surface area (Å²) in [5.74, 6) is 0.519. The molecule has 2 amide bonds. The second-order valence-electron chi connectivity index (χ2n) is 7.72. The lowest BCUT2D eigenvalue weighted by Gasteiger charge is -2.32. The first kappa shape index (κ1) is 27.8. The first-order chi connectivity index (χ1) is 16.6. The van der Waals surface area contributed by atoms with Crippen LogP contribution in [0.2, 0.25) is 0 Å². The highest BCUT2D eigenvalue weighted by Crippen LogP contribution is 2.32. The lowest BCUT2D eigenvalue weighted by molar-refractivity contribution is -0.140. The predicted molar refractivity (Wildman–Crippen MR) is 133 cm³/mol. The van der Waals surface area contributed by atoms with Gasteiger partial charge in [-0.1, -0.05) is 19.1 Å². The quantitative estimate of drug-likeness (QED) is 0.468. The molecule has 1 unspecified atom stereocenters. The number of benzene rings is 2. The average Bonchev–Trinajstić information content (AvgIpc) is 2.85. The summed E-state index contributed by atoms with van der Waals surface area (Å²) in [6.45, 7) is 1.40. The van der Waals surface area contributed by atoms with E-state index in [2.05, 4.69) is 5.32 Å². The Balaban J connectivity index is 2.45. The number of carbonyl (C=O) groups is 2. The summed E-state index contributed by atoms with van der Waals surface area (Å²) < 4.78 is 42.1. The summed E-state index contributed by atoms with van der Waals surface area (Å²) >= 11 is 0. The van der Waals surface area contributed by atoms with E-state index in [0.29, 0.717) is 23.7 Å². The van der Waals surface area contributed by atoms with Crippen LogP contribution < -0.4 is 23.8 Å². The van der Waals surface area contributed by atoms with Crippen LogP contribution in [0, 0.1) is 0 Å². The van der Waals surface area contributed by atoms with Crippen molar-refractivity contribution in [3.05, 3.63) is 48.0 Å². The third kappa shape index (κ3) is 7.01. The minimum absolute atomic E-state index is 0.109. The number of likely N-dealkylation sites (N-methyl/N-ethyl adjacent to an activating group) is 1. The molecule has 2 rings (SSSR count). The van der Waals surface area contributed by atoms with E-state index in [9.17, 15) is 18.0 Å². The van der Waals surface area contributed by atoms with Crippen molar-refractivity contribution in [1.82, 2.24) is 10.2 Å². The zero-order valence-electron chi connectivity index (χ0n) is 20.9. The molecule has 0 fully saturated rings. The summed E-state index contributed by atoms with van der Waals surface area (Å²) in [7, 11) is 2.09. The van der Waals surface area contributed by atoms with Gasteiger partial charge in [0.05, 0.1) is 33.3 Å². The van der Waals surface area contributed by atoms with E-state index in [4.69, 9.17) is 14.2 Å². The van der Waals surface area contributed by atoms with E-state index in [1.807, 2.05) is 0 Å². The van der Waals surface area contributed by atoms with E-state index >= 15 is 0 Å². The topological polar surface area (TPSA) is 114 Å². The maximum absolute atomic E-state index is 13.6. The first-order valence-corrected chi connectivity index (χ1v) is 12.8. The van der Waals surface area contributed by atoms with Crippen LogP contribution in [0.1, 0.15) is 18.9 Å². The van der Waals surface area contributed by atoms with Gasteiger partial charge in [-0.25, -0.2) is 8.42 Å². The third-order valence-electron chi connectivity index (χ3n) is 5.48. The van der Waals surface area contributed by atoms with E-state index in [0.717, 1.165) is 16.1 Å². The maximum atomic E-state index is 13.6. The molecule has 11 heteroatoms. The van der Waals surface area contributed by atoms with Crippen molar-refractivity contribution in [1.29, 1.82) is 0 Å². The van der Waals surface area contributed by atoms with Gasteiger partial charge in [0, 0.05) is 19.7 Å². The number of nitrogens with one attached hydrogen (secondary N) is 1. The number of hydrogen-bond donors (Lipinski definition) is 1. The normalized spacial score (nSPS) is 11.8. The molecule has 0 heterocycles. The van der Waals surface area contributed by atoms with Gasteiger partial charge in [-0.2, -0.15) is 0 Å². The van der Waals surface area contributed by atoms with Crippen LogP contribution in [0.5, 0.6) is 17.2 Å². The highest BCUT2D eigenvalue weighted by Gasteiger charge is 2.31. The highest BCUT2D eigenvalue weighted by atomic mass is 32.2. The van der Waals surface area contributed by atoms with Gasteiger partial charge in [-0.15, -0.1) is 0 Å². The van der Waals surface area contributed by atoms with Crippen molar-refractivity contribution in [3.63, 3.8) is 0 Å². The summed E-state index contributed by atoms with van der Waals surface area (Å²) in [6.07, 6.45) is 1.36. The monoisotopic (exact) mass is 507 g/mol. The fourth-order valence-corrected chi connectivity index (χ4v) is 4.45. The number of methoxy groups -OCH3 is 3. The van der Waals surface area contributed by atoms with Crippen LogP contribution in [0.15, 0.2) is 42.5 Å². The first-order valence-electron chi connectivity index (χ1n) is 10.9. The second-order valence-corrected chi connectivity index (χ2v) is 9.62. The lowest BCUT2D eigenvalue weighted by atomic mass is 10.1. The van der Waals surface area contributed by atoms with E-state index in [1.165, 1.54) is 38.3 Å². The van der Waals surface area contributed by atoms with Gasteiger partial charge in [0.2, 0.25) is 21.8 Å². The number of amides is 2. The summed E-state index contributed by atoms with van der Waals surface area (Å²) in [6, 6.07) is 10.9. The Kier molecular flexibility index (Phi) is 9.76. The molecular formula is C24H33N3O7S. The Bertz CT molecular complexity index is 1120. The van der Waals surface area contributed by atoms with Crippen LogP contribution in [0.3, 0.4) is 0 Å². The minimum Gasteiger partial charge on any atom is -0.497 e. The number of ether oxygens (including phenoxy) is 3. The molecule has 0 aliphatic heterocycles. The van der Waals surface area contributed by atoms with Crippen LogP contribution in [-0.2, 0) is 26.2 Å². The molecule has 1 atom stereocenters. The number of anilines is 1. The molecule has 0 saturated heterocycles. The van der Waals surface area contributed by atoms with Gasteiger partial charge >= 0.3 is 0 Å². The molecule has 0 spiro atoms. The number of hydrogen-bond acceptors (Lipinski definition) is 7. The lowest BCUT2D eigenvalue weighted by Crippen LogP contribution is -2.51. The number of rotatable bonds is 12. The molecule has 2 aromatic carbocycles.